The maximum absolute atomic E-state index is 12.4. The van der Waals surface area contributed by atoms with Crippen molar-refractivity contribution >= 4 is 22.6 Å². The van der Waals surface area contributed by atoms with E-state index >= 15 is 0 Å². The number of fused-ring (bicyclic) bond motifs is 1. The molecule has 4 rings (SSSR count). The summed E-state index contributed by atoms with van der Waals surface area (Å²) in [4.78, 5) is 24.2. The third kappa shape index (κ3) is 3.47. The van der Waals surface area contributed by atoms with Gasteiger partial charge in [-0.1, -0.05) is 42.5 Å². The Morgan fingerprint density at radius 2 is 1.85 bits per heavy atom. The fraction of sp³-hybridized carbons (Fsp3) is 0.238. The molecule has 2 atom stereocenters. The number of hydrogen-bond donors (Lipinski definition) is 2. The molecule has 5 heteroatoms. The lowest BCUT2D eigenvalue weighted by Crippen LogP contribution is -2.37. The topological polar surface area (TPSA) is 71.3 Å². The molecule has 0 saturated heterocycles. The molecular weight excluding hydrogens is 328 g/mol. The zero-order valence-corrected chi connectivity index (χ0v) is 14.3. The van der Waals surface area contributed by atoms with Gasteiger partial charge in [-0.15, -0.1) is 0 Å². The van der Waals surface area contributed by atoms with Crippen LogP contribution in [0.4, 0.5) is 0 Å². The van der Waals surface area contributed by atoms with Gasteiger partial charge in [0.05, 0.1) is 19.4 Å². The lowest BCUT2D eigenvalue weighted by atomic mass is 10.00. The summed E-state index contributed by atoms with van der Waals surface area (Å²) in [7, 11) is 0. The van der Waals surface area contributed by atoms with Crippen molar-refractivity contribution in [3.05, 3.63) is 72.2 Å². The minimum Gasteiger partial charge on any atom is -0.467 e. The molecule has 1 aromatic heterocycles. The quantitative estimate of drug-likeness (QED) is 0.719. The summed E-state index contributed by atoms with van der Waals surface area (Å²) in [5.74, 6) is 0.571. The van der Waals surface area contributed by atoms with Crippen LogP contribution in [-0.2, 0) is 16.1 Å². The SMILES string of the molecule is O=C(CNC(=O)[C@H]1C[C@@H]1c1cccc2ccccc12)NCc1ccco1. The third-order valence-corrected chi connectivity index (χ3v) is 4.81. The fourth-order valence-corrected chi connectivity index (χ4v) is 3.36. The van der Waals surface area contributed by atoms with E-state index in [-0.39, 0.29) is 30.2 Å². The van der Waals surface area contributed by atoms with Gasteiger partial charge in [-0.3, -0.25) is 9.59 Å². The van der Waals surface area contributed by atoms with E-state index in [4.69, 9.17) is 4.42 Å². The Bertz CT molecular complexity index is 928. The normalized spacial score (nSPS) is 18.5. The molecule has 0 aliphatic heterocycles. The number of rotatable bonds is 6. The highest BCUT2D eigenvalue weighted by Gasteiger charge is 2.44. The molecule has 2 N–H and O–H groups in total. The zero-order chi connectivity index (χ0) is 17.9. The zero-order valence-electron chi connectivity index (χ0n) is 14.3. The Hall–Kier alpha value is -3.08. The van der Waals surface area contributed by atoms with E-state index in [9.17, 15) is 9.59 Å². The number of carbonyl (C=O) groups is 2. The van der Waals surface area contributed by atoms with Gasteiger partial charge in [0.15, 0.2) is 0 Å². The van der Waals surface area contributed by atoms with Crippen molar-refractivity contribution in [3.63, 3.8) is 0 Å². The van der Waals surface area contributed by atoms with Crippen LogP contribution in [-0.4, -0.2) is 18.4 Å². The van der Waals surface area contributed by atoms with Gasteiger partial charge in [-0.05, 0) is 40.8 Å². The molecule has 26 heavy (non-hydrogen) atoms. The summed E-state index contributed by atoms with van der Waals surface area (Å²) in [5, 5.41) is 7.85. The van der Waals surface area contributed by atoms with Crippen molar-refractivity contribution in [2.24, 2.45) is 5.92 Å². The average molecular weight is 348 g/mol. The second kappa shape index (κ2) is 7.04. The molecule has 1 aliphatic rings. The molecule has 0 bridgehead atoms. The van der Waals surface area contributed by atoms with Gasteiger partial charge in [-0.2, -0.15) is 0 Å². The first kappa shape index (κ1) is 16.4. The maximum atomic E-state index is 12.4. The standard InChI is InChI=1S/C21H20N2O3/c24-20(22-12-15-7-4-10-26-15)13-23-21(25)19-11-18(19)17-9-3-6-14-5-1-2-8-16(14)17/h1-10,18-19H,11-13H2,(H,22,24)(H,23,25)/t18-,19+/m1/s1. The molecular formula is C21H20N2O3. The molecule has 3 aromatic rings. The Morgan fingerprint density at radius 3 is 2.69 bits per heavy atom. The molecule has 132 valence electrons. The number of furan rings is 1. The molecule has 1 fully saturated rings. The Balaban J connectivity index is 1.30. The monoisotopic (exact) mass is 348 g/mol. The van der Waals surface area contributed by atoms with Crippen LogP contribution in [0.15, 0.2) is 65.3 Å². The maximum Gasteiger partial charge on any atom is 0.239 e. The van der Waals surface area contributed by atoms with E-state index in [0.717, 1.165) is 6.42 Å². The van der Waals surface area contributed by atoms with Crippen LogP contribution in [0.5, 0.6) is 0 Å². The summed E-state index contributed by atoms with van der Waals surface area (Å²) in [5.41, 5.74) is 1.21. The largest absolute Gasteiger partial charge is 0.467 e. The first-order chi connectivity index (χ1) is 12.7. The second-order valence-electron chi connectivity index (χ2n) is 6.59. The Morgan fingerprint density at radius 1 is 1.00 bits per heavy atom. The van der Waals surface area contributed by atoms with Crippen LogP contribution in [0.1, 0.15) is 23.7 Å². The van der Waals surface area contributed by atoms with Crippen LogP contribution in [0.3, 0.4) is 0 Å². The van der Waals surface area contributed by atoms with E-state index in [1.54, 1.807) is 18.4 Å². The summed E-state index contributed by atoms with van der Waals surface area (Å²) < 4.78 is 5.15. The molecule has 0 spiro atoms. The van der Waals surface area contributed by atoms with E-state index in [0.29, 0.717) is 12.3 Å². The van der Waals surface area contributed by atoms with Gasteiger partial charge in [0.1, 0.15) is 5.76 Å². The van der Waals surface area contributed by atoms with Crippen LogP contribution in [0.25, 0.3) is 10.8 Å². The number of hydrogen-bond acceptors (Lipinski definition) is 3. The molecule has 1 saturated carbocycles. The van der Waals surface area contributed by atoms with Gasteiger partial charge in [-0.25, -0.2) is 0 Å². The van der Waals surface area contributed by atoms with Gasteiger partial charge in [0.2, 0.25) is 11.8 Å². The van der Waals surface area contributed by atoms with E-state index in [1.165, 1.54) is 16.3 Å². The third-order valence-electron chi connectivity index (χ3n) is 4.81. The summed E-state index contributed by atoms with van der Waals surface area (Å²) in [6, 6.07) is 18.0. The van der Waals surface area contributed by atoms with E-state index < -0.39 is 0 Å². The molecule has 1 aliphatic carbocycles. The summed E-state index contributed by atoms with van der Waals surface area (Å²) in [6.07, 6.45) is 2.39. The summed E-state index contributed by atoms with van der Waals surface area (Å²) >= 11 is 0. The molecule has 2 aromatic carbocycles. The average Bonchev–Trinajstić information content (AvgIpc) is 3.30. The minimum atomic E-state index is -0.225. The number of amides is 2. The van der Waals surface area contributed by atoms with Crippen LogP contribution in [0, 0.1) is 5.92 Å². The number of nitrogens with one attached hydrogen (secondary N) is 2. The van der Waals surface area contributed by atoms with Crippen molar-refractivity contribution in [1.82, 2.24) is 10.6 Å². The second-order valence-corrected chi connectivity index (χ2v) is 6.59. The van der Waals surface area contributed by atoms with Gasteiger partial charge < -0.3 is 15.1 Å². The highest BCUT2D eigenvalue weighted by molar-refractivity contribution is 5.91. The van der Waals surface area contributed by atoms with Crippen molar-refractivity contribution in [2.75, 3.05) is 6.54 Å². The van der Waals surface area contributed by atoms with Crippen LogP contribution >= 0.6 is 0 Å². The Labute approximate surface area is 151 Å². The van der Waals surface area contributed by atoms with E-state index in [1.807, 2.05) is 18.2 Å². The fourth-order valence-electron chi connectivity index (χ4n) is 3.36. The van der Waals surface area contributed by atoms with Crippen molar-refractivity contribution in [2.45, 2.75) is 18.9 Å². The first-order valence-electron chi connectivity index (χ1n) is 8.77. The number of carbonyl (C=O) groups excluding carboxylic acids is 2. The predicted octanol–water partition coefficient (Wildman–Crippen LogP) is 2.97. The van der Waals surface area contributed by atoms with E-state index in [2.05, 4.69) is 34.9 Å². The predicted molar refractivity (Wildman–Crippen MR) is 98.4 cm³/mol. The smallest absolute Gasteiger partial charge is 0.239 e. The van der Waals surface area contributed by atoms with Crippen molar-refractivity contribution in [1.29, 1.82) is 0 Å². The van der Waals surface area contributed by atoms with Crippen LogP contribution < -0.4 is 10.6 Å². The number of benzene rings is 2. The lowest BCUT2D eigenvalue weighted by Gasteiger charge is -2.07. The molecule has 5 nitrogen and oxygen atoms in total. The summed E-state index contributed by atoms with van der Waals surface area (Å²) in [6.45, 7) is 0.308. The minimum absolute atomic E-state index is 0.0156. The van der Waals surface area contributed by atoms with Gasteiger partial charge >= 0.3 is 0 Å². The first-order valence-corrected chi connectivity index (χ1v) is 8.77. The highest BCUT2D eigenvalue weighted by Crippen LogP contribution is 2.49. The van der Waals surface area contributed by atoms with Crippen LogP contribution in [0.2, 0.25) is 0 Å². The Kier molecular flexibility index (Phi) is 4.44. The van der Waals surface area contributed by atoms with Crippen molar-refractivity contribution in [3.8, 4) is 0 Å². The van der Waals surface area contributed by atoms with Gasteiger partial charge in [0, 0.05) is 5.92 Å². The van der Waals surface area contributed by atoms with Crippen molar-refractivity contribution < 1.29 is 14.0 Å². The molecule has 0 radical (unpaired) electrons. The highest BCUT2D eigenvalue weighted by atomic mass is 16.3. The molecule has 2 amide bonds. The lowest BCUT2D eigenvalue weighted by molar-refractivity contribution is -0.126. The molecule has 1 heterocycles. The molecule has 0 unspecified atom stereocenters. The van der Waals surface area contributed by atoms with Gasteiger partial charge in [0.25, 0.3) is 0 Å².